The van der Waals surface area contributed by atoms with Gasteiger partial charge in [0.05, 0.1) is 22.8 Å². The third-order valence-electron chi connectivity index (χ3n) is 6.71. The summed E-state index contributed by atoms with van der Waals surface area (Å²) in [6.07, 6.45) is 1.81. The van der Waals surface area contributed by atoms with Crippen LogP contribution in [-0.2, 0) is 13.0 Å². The van der Waals surface area contributed by atoms with Crippen molar-refractivity contribution < 1.29 is 4.79 Å². The highest BCUT2D eigenvalue weighted by Gasteiger charge is 2.22. The molecule has 2 aliphatic heterocycles. The summed E-state index contributed by atoms with van der Waals surface area (Å²) in [7, 11) is 0. The number of aromatic amines is 1. The van der Waals surface area contributed by atoms with E-state index in [4.69, 9.17) is 5.26 Å². The van der Waals surface area contributed by atoms with E-state index < -0.39 is 0 Å². The minimum atomic E-state index is -0.0219. The van der Waals surface area contributed by atoms with Gasteiger partial charge in [-0.25, -0.2) is 0 Å². The molecule has 2 aromatic carbocycles. The fourth-order valence-electron chi connectivity index (χ4n) is 4.97. The number of nitrogens with one attached hydrogen (secondary N) is 2. The Morgan fingerprint density at radius 2 is 1.94 bits per heavy atom. The molecule has 168 valence electrons. The molecule has 1 saturated heterocycles. The molecule has 3 heterocycles. The summed E-state index contributed by atoms with van der Waals surface area (Å²) < 4.78 is 0. The average molecular weight is 442 g/mol. The van der Waals surface area contributed by atoms with Crippen LogP contribution >= 0.6 is 0 Å². The Kier molecular flexibility index (Phi) is 5.61. The SMILES string of the molecule is CC(=O)c1cc(C#N)ccc1N1CCN(Cc2ccc3c4c(c(=O)[nH]c3c2)CCCN4)CC1. The van der Waals surface area contributed by atoms with Gasteiger partial charge in [-0.15, -0.1) is 0 Å². The Morgan fingerprint density at radius 1 is 1.12 bits per heavy atom. The van der Waals surface area contributed by atoms with Crippen LogP contribution < -0.4 is 15.8 Å². The fourth-order valence-corrected chi connectivity index (χ4v) is 4.97. The molecule has 0 radical (unpaired) electrons. The summed E-state index contributed by atoms with van der Waals surface area (Å²) in [5.41, 5.74) is 5.94. The zero-order valence-corrected chi connectivity index (χ0v) is 18.8. The van der Waals surface area contributed by atoms with Crippen molar-refractivity contribution in [3.05, 3.63) is 69.0 Å². The second-order valence-corrected chi connectivity index (χ2v) is 8.88. The Labute approximate surface area is 192 Å². The number of carbonyl (C=O) groups excluding carboxylic acids is 1. The minimum absolute atomic E-state index is 0.0131. The molecule has 1 fully saturated rings. The highest BCUT2D eigenvalue weighted by Crippen LogP contribution is 2.29. The third kappa shape index (κ3) is 4.10. The van der Waals surface area contributed by atoms with Crippen LogP contribution in [0.15, 0.2) is 41.2 Å². The van der Waals surface area contributed by atoms with Crippen molar-refractivity contribution >= 4 is 28.1 Å². The van der Waals surface area contributed by atoms with Crippen molar-refractivity contribution in [2.24, 2.45) is 0 Å². The second-order valence-electron chi connectivity index (χ2n) is 8.88. The first-order valence-corrected chi connectivity index (χ1v) is 11.5. The maximum atomic E-state index is 12.5. The molecule has 0 unspecified atom stereocenters. The number of Topliss-reactive ketones (excluding diaryl/α,β-unsaturated/α-hetero) is 1. The molecule has 2 aliphatic rings. The minimum Gasteiger partial charge on any atom is -0.384 e. The second kappa shape index (κ2) is 8.72. The Morgan fingerprint density at radius 3 is 2.70 bits per heavy atom. The van der Waals surface area contributed by atoms with E-state index in [2.05, 4.69) is 44.4 Å². The number of pyridine rings is 1. The van der Waals surface area contributed by atoms with Gasteiger partial charge in [0.25, 0.3) is 5.56 Å². The molecule has 3 aromatic rings. The van der Waals surface area contributed by atoms with Crippen LogP contribution in [-0.4, -0.2) is 48.4 Å². The van der Waals surface area contributed by atoms with E-state index in [9.17, 15) is 9.59 Å². The van der Waals surface area contributed by atoms with Crippen LogP contribution in [0.25, 0.3) is 10.9 Å². The van der Waals surface area contributed by atoms with Gasteiger partial charge < -0.3 is 15.2 Å². The molecular weight excluding hydrogens is 414 g/mol. The Bertz CT molecular complexity index is 1330. The number of fused-ring (bicyclic) bond motifs is 3. The summed E-state index contributed by atoms with van der Waals surface area (Å²) >= 11 is 0. The highest BCUT2D eigenvalue weighted by atomic mass is 16.1. The van der Waals surface area contributed by atoms with Gasteiger partial charge in [-0.2, -0.15) is 5.26 Å². The van der Waals surface area contributed by atoms with Gasteiger partial charge in [-0.05, 0) is 49.6 Å². The van der Waals surface area contributed by atoms with Crippen molar-refractivity contribution in [3.8, 4) is 6.07 Å². The molecule has 33 heavy (non-hydrogen) atoms. The number of anilines is 2. The van der Waals surface area contributed by atoms with E-state index in [1.807, 2.05) is 6.07 Å². The predicted molar refractivity (Wildman–Crippen MR) is 130 cm³/mol. The van der Waals surface area contributed by atoms with E-state index in [0.717, 1.165) is 80.0 Å². The number of carbonyl (C=O) groups is 1. The van der Waals surface area contributed by atoms with Gasteiger partial charge in [-0.3, -0.25) is 14.5 Å². The number of benzene rings is 2. The van der Waals surface area contributed by atoms with Gasteiger partial charge in [0.1, 0.15) is 0 Å². The topological polar surface area (TPSA) is 92.2 Å². The van der Waals surface area contributed by atoms with Crippen LogP contribution in [0.3, 0.4) is 0 Å². The maximum absolute atomic E-state index is 12.5. The van der Waals surface area contributed by atoms with Crippen molar-refractivity contribution in [2.45, 2.75) is 26.3 Å². The molecule has 1 aromatic heterocycles. The quantitative estimate of drug-likeness (QED) is 0.604. The van der Waals surface area contributed by atoms with E-state index in [1.165, 1.54) is 5.56 Å². The van der Waals surface area contributed by atoms with Crippen LogP contribution in [0.5, 0.6) is 0 Å². The van der Waals surface area contributed by atoms with E-state index in [1.54, 1.807) is 19.1 Å². The molecule has 0 bridgehead atoms. The molecule has 5 rings (SSSR count). The van der Waals surface area contributed by atoms with Crippen LogP contribution in [0.2, 0.25) is 0 Å². The average Bonchev–Trinajstić information content (AvgIpc) is 2.84. The molecule has 0 aliphatic carbocycles. The normalized spacial score (nSPS) is 16.2. The first-order chi connectivity index (χ1) is 16.0. The summed E-state index contributed by atoms with van der Waals surface area (Å²) in [4.78, 5) is 32.3. The molecule has 0 saturated carbocycles. The Hall–Kier alpha value is -3.63. The summed E-state index contributed by atoms with van der Waals surface area (Å²) in [5.74, 6) is -0.0219. The zero-order chi connectivity index (χ0) is 22.9. The number of hydrogen-bond acceptors (Lipinski definition) is 6. The molecule has 2 N–H and O–H groups in total. The number of nitrogens with zero attached hydrogens (tertiary/aromatic N) is 3. The van der Waals surface area contributed by atoms with Gasteiger partial charge in [-0.1, -0.05) is 12.1 Å². The van der Waals surface area contributed by atoms with Gasteiger partial charge in [0, 0.05) is 61.5 Å². The molecule has 0 atom stereocenters. The highest BCUT2D eigenvalue weighted by molar-refractivity contribution is 6.00. The standard InChI is InChI=1S/C26H27N5O2/c1-17(32)22-13-18(15-27)5-7-24(22)31-11-9-30(10-12-31)16-19-4-6-20-23(14-19)29-26(33)21-3-2-8-28-25(20)21/h4-7,13-14,28H,2-3,8-12,16H2,1H3,(H,29,33). The number of ketones is 1. The fraction of sp³-hybridized carbons (Fsp3) is 0.346. The molecule has 0 spiro atoms. The largest absolute Gasteiger partial charge is 0.384 e. The lowest BCUT2D eigenvalue weighted by atomic mass is 10.0. The summed E-state index contributed by atoms with van der Waals surface area (Å²) in [5, 5.41) is 13.6. The lowest BCUT2D eigenvalue weighted by molar-refractivity contribution is 0.101. The van der Waals surface area contributed by atoms with Crippen molar-refractivity contribution in [2.75, 3.05) is 42.9 Å². The number of rotatable bonds is 4. The van der Waals surface area contributed by atoms with Crippen molar-refractivity contribution in [1.82, 2.24) is 9.88 Å². The van der Waals surface area contributed by atoms with Crippen LogP contribution in [0, 0.1) is 11.3 Å². The van der Waals surface area contributed by atoms with Gasteiger partial charge in [0.15, 0.2) is 5.78 Å². The lowest BCUT2D eigenvalue weighted by Crippen LogP contribution is -2.46. The number of H-pyrrole nitrogens is 1. The maximum Gasteiger partial charge on any atom is 0.253 e. The monoisotopic (exact) mass is 441 g/mol. The number of piperazine rings is 1. The van der Waals surface area contributed by atoms with Crippen molar-refractivity contribution in [1.29, 1.82) is 5.26 Å². The number of aromatic nitrogens is 1. The molecule has 0 amide bonds. The molecule has 7 heteroatoms. The first-order valence-electron chi connectivity index (χ1n) is 11.5. The molecular formula is C26H27N5O2. The summed E-state index contributed by atoms with van der Waals surface area (Å²) in [6.45, 7) is 6.63. The van der Waals surface area contributed by atoms with Gasteiger partial charge in [0.2, 0.25) is 0 Å². The zero-order valence-electron chi connectivity index (χ0n) is 18.8. The van der Waals surface area contributed by atoms with Gasteiger partial charge >= 0.3 is 0 Å². The van der Waals surface area contributed by atoms with Crippen LogP contribution in [0.4, 0.5) is 11.4 Å². The van der Waals surface area contributed by atoms with E-state index in [-0.39, 0.29) is 11.3 Å². The number of hydrogen-bond donors (Lipinski definition) is 2. The van der Waals surface area contributed by atoms with Crippen LogP contribution in [0.1, 0.15) is 40.4 Å². The third-order valence-corrected chi connectivity index (χ3v) is 6.71. The van der Waals surface area contributed by atoms with E-state index in [0.29, 0.717) is 11.1 Å². The molecule has 7 nitrogen and oxygen atoms in total. The number of nitriles is 1. The predicted octanol–water partition coefficient (Wildman–Crippen LogP) is 3.28. The van der Waals surface area contributed by atoms with Crippen molar-refractivity contribution in [3.63, 3.8) is 0 Å². The van der Waals surface area contributed by atoms with E-state index >= 15 is 0 Å². The lowest BCUT2D eigenvalue weighted by Gasteiger charge is -2.37. The summed E-state index contributed by atoms with van der Waals surface area (Å²) in [6, 6.07) is 13.8. The smallest absolute Gasteiger partial charge is 0.253 e. The Balaban J connectivity index is 1.30. The first kappa shape index (κ1) is 21.2.